The van der Waals surface area contributed by atoms with E-state index in [9.17, 15) is 9.90 Å². The number of fused-ring (bicyclic) bond motifs is 2. The van der Waals surface area contributed by atoms with Crippen molar-refractivity contribution in [3.63, 3.8) is 0 Å². The number of rotatable bonds is 7. The number of ether oxygens (including phenoxy) is 2. The molecule has 4 nitrogen and oxygen atoms in total. The zero-order valence-electron chi connectivity index (χ0n) is 23.8. The number of hydrogen-bond acceptors (Lipinski definition) is 3. The average Bonchev–Trinajstić information content (AvgIpc) is 3.38. The van der Waals surface area contributed by atoms with E-state index >= 15 is 4.39 Å². The molecule has 0 radical (unpaired) electrons. The predicted molar refractivity (Wildman–Crippen MR) is 155 cm³/mol. The van der Waals surface area contributed by atoms with Crippen molar-refractivity contribution in [3.8, 4) is 22.6 Å². The number of carboxylic acids is 1. The SMILES string of the molecule is COc1ccc(F)c(-c2ccc(COc3ccc4c(c3)C3(CCC4)CC3(C)C(=O)O)cc2C2=CCCC2(C)C)c1. The maximum absolute atomic E-state index is 15.1. The van der Waals surface area contributed by atoms with Crippen molar-refractivity contribution in [3.05, 3.63) is 88.7 Å². The first-order chi connectivity index (χ1) is 19.1. The zero-order valence-corrected chi connectivity index (χ0v) is 23.8. The summed E-state index contributed by atoms with van der Waals surface area (Å²) in [6.07, 6.45) is 7.91. The molecule has 3 aromatic rings. The van der Waals surface area contributed by atoms with Gasteiger partial charge in [0.15, 0.2) is 0 Å². The summed E-state index contributed by atoms with van der Waals surface area (Å²) in [6.45, 7) is 6.73. The summed E-state index contributed by atoms with van der Waals surface area (Å²) in [5, 5.41) is 9.91. The first-order valence-corrected chi connectivity index (χ1v) is 14.3. The van der Waals surface area contributed by atoms with E-state index < -0.39 is 11.4 Å². The van der Waals surface area contributed by atoms with Crippen LogP contribution in [0.2, 0.25) is 0 Å². The second-order valence-corrected chi connectivity index (χ2v) is 12.6. The predicted octanol–water partition coefficient (Wildman–Crippen LogP) is 8.35. The molecule has 0 aliphatic heterocycles. The number of benzene rings is 3. The lowest BCUT2D eigenvalue weighted by atomic mass is 9.75. The van der Waals surface area contributed by atoms with Crippen LogP contribution in [0.15, 0.2) is 60.7 Å². The number of aryl methyl sites for hydroxylation is 1. The highest BCUT2D eigenvalue weighted by Crippen LogP contribution is 2.69. The van der Waals surface area contributed by atoms with Crippen LogP contribution in [0.1, 0.15) is 75.1 Å². The van der Waals surface area contributed by atoms with Gasteiger partial charge in [-0.25, -0.2) is 4.39 Å². The van der Waals surface area contributed by atoms with Crippen LogP contribution >= 0.6 is 0 Å². The minimum absolute atomic E-state index is 0.0164. The summed E-state index contributed by atoms with van der Waals surface area (Å²) < 4.78 is 26.8. The number of halogens is 1. The molecular weight excluding hydrogens is 503 g/mol. The number of carbonyl (C=O) groups is 1. The van der Waals surface area contributed by atoms with E-state index in [1.54, 1.807) is 19.2 Å². The fourth-order valence-electron chi connectivity index (χ4n) is 7.23. The third-order valence-electron chi connectivity index (χ3n) is 9.80. The molecule has 208 valence electrons. The van der Waals surface area contributed by atoms with Gasteiger partial charge in [0.25, 0.3) is 0 Å². The Balaban J connectivity index is 1.32. The van der Waals surface area contributed by atoms with Gasteiger partial charge < -0.3 is 14.6 Å². The van der Waals surface area contributed by atoms with Crippen molar-refractivity contribution >= 4 is 11.5 Å². The van der Waals surface area contributed by atoms with E-state index in [1.165, 1.54) is 17.2 Å². The van der Waals surface area contributed by atoms with Crippen LogP contribution in [0, 0.1) is 16.6 Å². The van der Waals surface area contributed by atoms with Crippen molar-refractivity contribution in [1.82, 2.24) is 0 Å². The van der Waals surface area contributed by atoms with Crippen molar-refractivity contribution in [2.24, 2.45) is 10.8 Å². The smallest absolute Gasteiger partial charge is 0.310 e. The average molecular weight is 541 g/mol. The number of allylic oxidation sites excluding steroid dienone is 2. The topological polar surface area (TPSA) is 55.8 Å². The van der Waals surface area contributed by atoms with E-state index in [-0.39, 0.29) is 16.6 Å². The van der Waals surface area contributed by atoms with Gasteiger partial charge in [-0.2, -0.15) is 0 Å². The molecule has 2 atom stereocenters. The highest BCUT2D eigenvalue weighted by molar-refractivity contribution is 5.85. The molecule has 2 unspecified atom stereocenters. The third kappa shape index (κ3) is 4.22. The van der Waals surface area contributed by atoms with E-state index in [0.717, 1.165) is 60.1 Å². The summed E-state index contributed by atoms with van der Waals surface area (Å²) in [7, 11) is 1.59. The van der Waals surface area contributed by atoms with Crippen LogP contribution in [-0.4, -0.2) is 18.2 Å². The number of aliphatic carboxylic acids is 1. The summed E-state index contributed by atoms with van der Waals surface area (Å²) in [6, 6.07) is 17.2. The lowest BCUT2D eigenvalue weighted by Gasteiger charge is -2.29. The van der Waals surface area contributed by atoms with Crippen LogP contribution in [0.4, 0.5) is 4.39 Å². The molecule has 5 heteroatoms. The van der Waals surface area contributed by atoms with Gasteiger partial charge in [-0.1, -0.05) is 38.1 Å². The molecule has 0 bridgehead atoms. The van der Waals surface area contributed by atoms with Crippen molar-refractivity contribution in [2.45, 2.75) is 71.3 Å². The fraction of sp³-hybridized carbons (Fsp3) is 0.400. The summed E-state index contributed by atoms with van der Waals surface area (Å²) in [5.74, 6) is 0.383. The van der Waals surface area contributed by atoms with Gasteiger partial charge in [-0.05, 0) is 121 Å². The number of carboxylic acid groups (broad SMARTS) is 1. The second-order valence-electron chi connectivity index (χ2n) is 12.6. The van der Waals surface area contributed by atoms with Gasteiger partial charge in [0.1, 0.15) is 23.9 Å². The van der Waals surface area contributed by atoms with Crippen molar-refractivity contribution in [1.29, 1.82) is 0 Å². The van der Waals surface area contributed by atoms with Gasteiger partial charge in [-0.15, -0.1) is 0 Å². The Kier molecular flexibility index (Phi) is 6.32. The first-order valence-electron chi connectivity index (χ1n) is 14.3. The molecule has 0 amide bonds. The molecule has 0 heterocycles. The van der Waals surface area contributed by atoms with Crippen LogP contribution in [0.25, 0.3) is 16.7 Å². The molecule has 1 fully saturated rings. The van der Waals surface area contributed by atoms with E-state index in [2.05, 4.69) is 38.1 Å². The molecule has 1 spiro atoms. The molecule has 3 aromatic carbocycles. The van der Waals surface area contributed by atoms with Crippen LogP contribution < -0.4 is 9.47 Å². The molecule has 1 saturated carbocycles. The molecule has 40 heavy (non-hydrogen) atoms. The van der Waals surface area contributed by atoms with Gasteiger partial charge in [0.05, 0.1) is 12.5 Å². The van der Waals surface area contributed by atoms with Gasteiger partial charge in [0, 0.05) is 11.0 Å². The summed E-state index contributed by atoms with van der Waals surface area (Å²) in [5.41, 5.74) is 5.99. The Hall–Kier alpha value is -3.60. The lowest BCUT2D eigenvalue weighted by molar-refractivity contribution is -0.143. The Morgan fingerprint density at radius 3 is 2.45 bits per heavy atom. The number of hydrogen-bond donors (Lipinski definition) is 1. The minimum atomic E-state index is -0.712. The number of methoxy groups -OCH3 is 1. The fourth-order valence-corrected chi connectivity index (χ4v) is 7.23. The maximum Gasteiger partial charge on any atom is 0.310 e. The van der Waals surface area contributed by atoms with Gasteiger partial charge >= 0.3 is 5.97 Å². The molecule has 3 aliphatic carbocycles. The second kappa shape index (κ2) is 9.50. The van der Waals surface area contributed by atoms with Gasteiger partial charge in [-0.3, -0.25) is 4.79 Å². The molecule has 1 N–H and O–H groups in total. The highest BCUT2D eigenvalue weighted by Gasteiger charge is 2.70. The largest absolute Gasteiger partial charge is 0.497 e. The van der Waals surface area contributed by atoms with E-state index in [4.69, 9.17) is 9.47 Å². The molecule has 6 rings (SSSR count). The van der Waals surface area contributed by atoms with Crippen LogP contribution in [0.3, 0.4) is 0 Å². The van der Waals surface area contributed by atoms with E-state index in [0.29, 0.717) is 24.3 Å². The zero-order chi connectivity index (χ0) is 28.3. The third-order valence-corrected chi connectivity index (χ3v) is 9.80. The Bertz CT molecular complexity index is 1540. The van der Waals surface area contributed by atoms with Crippen LogP contribution in [0.5, 0.6) is 11.5 Å². The molecule has 0 saturated heterocycles. The molecule has 3 aliphatic rings. The highest BCUT2D eigenvalue weighted by atomic mass is 19.1. The van der Waals surface area contributed by atoms with Crippen LogP contribution in [-0.2, 0) is 23.2 Å². The normalized spacial score (nSPS) is 24.4. The molecular formula is C35H37FO4. The quantitative estimate of drug-likeness (QED) is 0.327. The molecule has 0 aromatic heterocycles. The van der Waals surface area contributed by atoms with Crippen molar-refractivity contribution < 1.29 is 23.8 Å². The summed E-state index contributed by atoms with van der Waals surface area (Å²) >= 11 is 0. The minimum Gasteiger partial charge on any atom is -0.497 e. The Labute approximate surface area is 235 Å². The lowest BCUT2D eigenvalue weighted by Crippen LogP contribution is -2.27. The summed E-state index contributed by atoms with van der Waals surface area (Å²) in [4.78, 5) is 12.1. The van der Waals surface area contributed by atoms with E-state index in [1.807, 2.05) is 25.1 Å². The standard InChI is InChI=1S/C35H37FO4/c1-33(2)15-6-8-29(33)27-17-22(9-13-26(27)28-18-24(39-4)12-14-31(28)36)20-40-25-11-10-23-7-5-16-35(30(23)19-25)21-34(35,3)32(37)38/h8-14,17-19H,5-7,15-16,20-21H2,1-4H3,(H,37,38). The van der Waals surface area contributed by atoms with Gasteiger partial charge in [0.2, 0.25) is 0 Å². The Morgan fingerprint density at radius 1 is 0.950 bits per heavy atom. The maximum atomic E-state index is 15.1. The Morgan fingerprint density at radius 2 is 1.75 bits per heavy atom. The van der Waals surface area contributed by atoms with Crippen molar-refractivity contribution in [2.75, 3.05) is 7.11 Å². The monoisotopic (exact) mass is 540 g/mol. The first kappa shape index (κ1) is 26.6.